The second-order valence-corrected chi connectivity index (χ2v) is 7.13. The van der Waals surface area contributed by atoms with Gasteiger partial charge in [-0.2, -0.15) is 12.6 Å². The van der Waals surface area contributed by atoms with Crippen LogP contribution in [0.15, 0.2) is 30.5 Å². The van der Waals surface area contributed by atoms with Crippen molar-refractivity contribution in [2.24, 2.45) is 5.73 Å². The average Bonchev–Trinajstić information content (AvgIpc) is 3.17. The molecule has 0 bridgehead atoms. The number of hydrogen-bond donors (Lipinski definition) is 8. The molecule has 3 atom stereocenters. The molecular weight excluding hydrogens is 426 g/mol. The molecule has 3 unspecified atom stereocenters. The fourth-order valence-electron chi connectivity index (χ4n) is 2.84. The van der Waals surface area contributed by atoms with E-state index in [4.69, 9.17) is 15.9 Å². The van der Waals surface area contributed by atoms with Crippen molar-refractivity contribution in [3.05, 3.63) is 36.0 Å². The summed E-state index contributed by atoms with van der Waals surface area (Å²) < 4.78 is 0. The molecule has 8 N–H and O–H groups in total. The lowest BCUT2D eigenvalue weighted by atomic mass is 10.0. The summed E-state index contributed by atoms with van der Waals surface area (Å²) in [7, 11) is 0. The number of rotatable bonds is 11. The summed E-state index contributed by atoms with van der Waals surface area (Å²) >= 11 is 4.03. The van der Waals surface area contributed by atoms with Crippen molar-refractivity contribution in [2.45, 2.75) is 24.5 Å². The van der Waals surface area contributed by atoms with E-state index in [0.717, 1.165) is 16.5 Å². The summed E-state index contributed by atoms with van der Waals surface area (Å²) in [6.07, 6.45) is 1.79. The molecule has 0 aliphatic rings. The lowest BCUT2D eigenvalue weighted by Crippen LogP contribution is -2.57. The Hall–Kier alpha value is -3.09. The van der Waals surface area contributed by atoms with Crippen molar-refractivity contribution in [1.29, 1.82) is 0 Å². The second kappa shape index (κ2) is 11.3. The quantitative estimate of drug-likeness (QED) is 0.184. The van der Waals surface area contributed by atoms with E-state index in [0.29, 0.717) is 0 Å². The van der Waals surface area contributed by atoms with Crippen LogP contribution >= 0.6 is 12.6 Å². The molecule has 0 saturated carbocycles. The average molecular weight is 452 g/mol. The Bertz CT molecular complexity index is 949. The van der Waals surface area contributed by atoms with Crippen LogP contribution in [-0.2, 0) is 25.6 Å². The van der Waals surface area contributed by atoms with Crippen LogP contribution in [0.25, 0.3) is 10.9 Å². The fourth-order valence-corrected chi connectivity index (χ4v) is 3.10. The van der Waals surface area contributed by atoms with E-state index < -0.39 is 55.0 Å². The molecule has 12 heteroatoms. The molecule has 0 saturated heterocycles. The minimum Gasteiger partial charge on any atom is -0.480 e. The number of nitrogens with one attached hydrogen (secondary N) is 4. The van der Waals surface area contributed by atoms with Gasteiger partial charge in [0.15, 0.2) is 0 Å². The zero-order valence-corrected chi connectivity index (χ0v) is 17.4. The summed E-state index contributed by atoms with van der Waals surface area (Å²) in [4.78, 5) is 50.9. The predicted molar refractivity (Wildman–Crippen MR) is 115 cm³/mol. The normalized spacial score (nSPS) is 13.8. The van der Waals surface area contributed by atoms with Crippen molar-refractivity contribution in [1.82, 2.24) is 20.9 Å². The molecule has 0 fully saturated rings. The van der Waals surface area contributed by atoms with Gasteiger partial charge in [-0.1, -0.05) is 18.2 Å². The van der Waals surface area contributed by atoms with E-state index in [-0.39, 0.29) is 12.2 Å². The number of amides is 3. The Labute approximate surface area is 183 Å². The minimum atomic E-state index is -1.24. The van der Waals surface area contributed by atoms with Crippen molar-refractivity contribution < 1.29 is 29.4 Å². The number of aromatic amines is 1. The fraction of sp³-hybridized carbons (Fsp3) is 0.368. The Morgan fingerprint density at radius 1 is 1.06 bits per heavy atom. The number of aromatic nitrogens is 1. The molecule has 2 aromatic rings. The third kappa shape index (κ3) is 6.70. The third-order valence-electron chi connectivity index (χ3n) is 4.49. The van der Waals surface area contributed by atoms with Crippen molar-refractivity contribution >= 4 is 47.2 Å². The smallest absolute Gasteiger partial charge is 0.322 e. The summed E-state index contributed by atoms with van der Waals surface area (Å²) in [5.74, 6) is -3.48. The molecule has 31 heavy (non-hydrogen) atoms. The number of hydrogen-bond acceptors (Lipinski definition) is 7. The van der Waals surface area contributed by atoms with Crippen LogP contribution in [0.5, 0.6) is 0 Å². The highest BCUT2D eigenvalue weighted by molar-refractivity contribution is 7.80. The zero-order chi connectivity index (χ0) is 23.0. The summed E-state index contributed by atoms with van der Waals surface area (Å²) in [5, 5.41) is 25.8. The number of carboxylic acids is 1. The van der Waals surface area contributed by atoms with E-state index in [2.05, 4.69) is 33.6 Å². The first-order chi connectivity index (χ1) is 14.8. The first kappa shape index (κ1) is 24.2. The highest BCUT2D eigenvalue weighted by atomic mass is 32.1. The van der Waals surface area contributed by atoms with Gasteiger partial charge in [-0.05, 0) is 11.6 Å². The Kier molecular flexibility index (Phi) is 8.85. The van der Waals surface area contributed by atoms with Crippen LogP contribution in [0.3, 0.4) is 0 Å². The second-order valence-electron chi connectivity index (χ2n) is 6.77. The van der Waals surface area contributed by atoms with Gasteiger partial charge in [0.05, 0.1) is 6.61 Å². The molecule has 1 heterocycles. The molecular formula is C19H25N5O6S. The molecule has 168 valence electrons. The Morgan fingerprint density at radius 3 is 2.39 bits per heavy atom. The largest absolute Gasteiger partial charge is 0.480 e. The van der Waals surface area contributed by atoms with Crippen LogP contribution in [0.1, 0.15) is 5.56 Å². The van der Waals surface area contributed by atoms with Gasteiger partial charge in [-0.3, -0.25) is 19.2 Å². The molecule has 3 amide bonds. The van der Waals surface area contributed by atoms with E-state index >= 15 is 0 Å². The maximum absolute atomic E-state index is 12.9. The van der Waals surface area contributed by atoms with Gasteiger partial charge >= 0.3 is 5.97 Å². The zero-order valence-electron chi connectivity index (χ0n) is 16.5. The number of aliphatic hydroxyl groups excluding tert-OH is 1. The number of benzene rings is 1. The summed E-state index contributed by atoms with van der Waals surface area (Å²) in [5.41, 5.74) is 7.13. The van der Waals surface area contributed by atoms with Crippen LogP contribution < -0.4 is 21.7 Å². The third-order valence-corrected chi connectivity index (χ3v) is 4.86. The lowest BCUT2D eigenvalue weighted by Gasteiger charge is -2.23. The van der Waals surface area contributed by atoms with Crippen molar-refractivity contribution in [2.75, 3.05) is 18.9 Å². The van der Waals surface area contributed by atoms with Crippen LogP contribution in [0.4, 0.5) is 0 Å². The highest BCUT2D eigenvalue weighted by Crippen LogP contribution is 2.19. The number of aliphatic carboxylic acids is 1. The van der Waals surface area contributed by atoms with Gasteiger partial charge in [0.25, 0.3) is 0 Å². The molecule has 0 radical (unpaired) electrons. The van der Waals surface area contributed by atoms with Gasteiger partial charge in [0.2, 0.25) is 17.7 Å². The maximum Gasteiger partial charge on any atom is 0.322 e. The number of H-pyrrole nitrogens is 1. The van der Waals surface area contributed by atoms with Crippen molar-refractivity contribution in [3.8, 4) is 0 Å². The highest BCUT2D eigenvalue weighted by Gasteiger charge is 2.28. The molecule has 2 rings (SSSR count). The topological polar surface area (TPSA) is 187 Å². The molecule has 0 spiro atoms. The number of nitrogens with two attached hydrogens (primary N) is 1. The first-order valence-electron chi connectivity index (χ1n) is 9.39. The summed E-state index contributed by atoms with van der Waals surface area (Å²) in [6.45, 7) is -1.22. The molecule has 11 nitrogen and oxygen atoms in total. The molecule has 1 aromatic carbocycles. The van der Waals surface area contributed by atoms with Gasteiger partial charge in [-0.25, -0.2) is 0 Å². The van der Waals surface area contributed by atoms with Gasteiger partial charge in [0, 0.05) is 29.3 Å². The SMILES string of the molecule is NC(CO)C(=O)NC(Cc1c[nH]c2ccccc12)C(=O)NC(CS)C(=O)NCC(=O)O. The first-order valence-corrected chi connectivity index (χ1v) is 10.0. The van der Waals surface area contributed by atoms with Crippen LogP contribution in [-0.4, -0.2) is 75.9 Å². The van der Waals surface area contributed by atoms with E-state index in [1.54, 1.807) is 6.20 Å². The molecule has 1 aromatic heterocycles. The number of carbonyl (C=O) groups excluding carboxylic acids is 3. The lowest BCUT2D eigenvalue weighted by molar-refractivity contribution is -0.138. The Balaban J connectivity index is 2.20. The van der Waals surface area contributed by atoms with E-state index in [1.165, 1.54) is 0 Å². The van der Waals surface area contributed by atoms with Gasteiger partial charge in [-0.15, -0.1) is 0 Å². The number of aliphatic hydroxyl groups is 1. The van der Waals surface area contributed by atoms with E-state index in [1.807, 2.05) is 24.3 Å². The van der Waals surface area contributed by atoms with Crippen molar-refractivity contribution in [3.63, 3.8) is 0 Å². The summed E-state index contributed by atoms with van der Waals surface area (Å²) in [6, 6.07) is 3.94. The van der Waals surface area contributed by atoms with E-state index in [9.17, 15) is 19.2 Å². The standard InChI is InChI=1S/C19H25N5O6S/c20-12(8-25)17(28)23-14(5-10-6-21-13-4-2-1-3-11(10)13)19(30)24-15(9-31)18(29)22-7-16(26)27/h1-4,6,12,14-15,21,25,31H,5,7-9,20H2,(H,22,29)(H,23,28)(H,24,30)(H,26,27). The minimum absolute atomic E-state index is 0.0791. The predicted octanol–water partition coefficient (Wildman–Crippen LogP) is -1.87. The molecule has 0 aliphatic carbocycles. The molecule has 0 aliphatic heterocycles. The van der Waals surface area contributed by atoms with Gasteiger partial charge in [0.1, 0.15) is 24.7 Å². The number of carboxylic acid groups (broad SMARTS) is 1. The Morgan fingerprint density at radius 2 is 1.74 bits per heavy atom. The van der Waals surface area contributed by atoms with Crippen LogP contribution in [0, 0.1) is 0 Å². The van der Waals surface area contributed by atoms with Crippen LogP contribution in [0.2, 0.25) is 0 Å². The number of carbonyl (C=O) groups is 4. The number of thiol groups is 1. The maximum atomic E-state index is 12.9. The number of fused-ring (bicyclic) bond motifs is 1. The van der Waals surface area contributed by atoms with Gasteiger partial charge < -0.3 is 36.9 Å². The number of para-hydroxylation sites is 1. The monoisotopic (exact) mass is 451 g/mol.